The molecule has 11 rings (SSSR count). The first-order chi connectivity index (χ1) is 31.3. The highest BCUT2D eigenvalue weighted by atomic mass is 15.1. The minimum absolute atomic E-state index is 0.576. The third kappa shape index (κ3) is 6.77. The molecule has 0 saturated carbocycles. The number of aromatic nitrogens is 1. The average molecular weight is 807 g/mol. The summed E-state index contributed by atoms with van der Waals surface area (Å²) in [5, 5.41) is 1.34. The van der Waals surface area contributed by atoms with E-state index in [2.05, 4.69) is 264 Å². The van der Waals surface area contributed by atoms with Gasteiger partial charge in [0.05, 0.1) is 16.6 Å². The summed E-state index contributed by atoms with van der Waals surface area (Å²) in [6.07, 6.45) is 6.76. The van der Waals surface area contributed by atoms with Gasteiger partial charge in [-0.05, 0) is 112 Å². The van der Waals surface area contributed by atoms with E-state index in [0.717, 1.165) is 29.9 Å². The number of aryl methyl sites for hydroxylation is 1. The molecule has 1 aliphatic rings. The maximum Gasteiger partial charge on any atom is 0.0702 e. The maximum atomic E-state index is 2.47. The van der Waals surface area contributed by atoms with Crippen LogP contribution in [0, 0.1) is 0 Å². The lowest BCUT2D eigenvalue weighted by Crippen LogP contribution is -2.31. The molecule has 1 aromatic heterocycles. The second-order valence-corrected chi connectivity index (χ2v) is 16.4. The topological polar surface area (TPSA) is 8.17 Å². The molecule has 300 valence electrons. The molecular formula is C61H46N2. The van der Waals surface area contributed by atoms with Crippen LogP contribution in [0.5, 0.6) is 0 Å². The van der Waals surface area contributed by atoms with E-state index in [0.29, 0.717) is 0 Å². The van der Waals surface area contributed by atoms with Gasteiger partial charge in [-0.15, -0.1) is 0 Å². The number of hydrogen-bond acceptors (Lipinski definition) is 1. The van der Waals surface area contributed by atoms with Crippen LogP contribution in [0.25, 0.3) is 44.9 Å². The van der Waals surface area contributed by atoms with Gasteiger partial charge in [-0.25, -0.2) is 0 Å². The van der Waals surface area contributed by atoms with Crippen molar-refractivity contribution in [2.24, 2.45) is 0 Å². The van der Waals surface area contributed by atoms with E-state index in [4.69, 9.17) is 0 Å². The average Bonchev–Trinajstić information content (AvgIpc) is 3.70. The van der Waals surface area contributed by atoms with E-state index in [-0.39, 0.29) is 0 Å². The zero-order valence-corrected chi connectivity index (χ0v) is 35.1. The van der Waals surface area contributed by atoms with Crippen LogP contribution in [-0.4, -0.2) is 4.57 Å². The van der Waals surface area contributed by atoms with Crippen molar-refractivity contribution in [1.82, 2.24) is 4.57 Å². The number of allylic oxidation sites excluding steroid dienone is 1. The van der Waals surface area contributed by atoms with Gasteiger partial charge in [-0.1, -0.05) is 200 Å². The highest BCUT2D eigenvalue weighted by Gasteiger charge is 2.38. The van der Waals surface area contributed by atoms with Gasteiger partial charge in [0.25, 0.3) is 0 Å². The number of para-hydroxylation sites is 2. The van der Waals surface area contributed by atoms with Crippen molar-refractivity contribution in [2.45, 2.75) is 18.3 Å². The molecule has 0 spiro atoms. The Balaban J connectivity index is 1.07. The third-order valence-electron chi connectivity index (χ3n) is 12.8. The molecule has 10 aromatic rings. The van der Waals surface area contributed by atoms with Gasteiger partial charge < -0.3 is 9.47 Å². The molecule has 0 atom stereocenters. The molecule has 1 heterocycles. The monoisotopic (exact) mass is 806 g/mol. The first-order valence-corrected chi connectivity index (χ1v) is 22.0. The van der Waals surface area contributed by atoms with Gasteiger partial charge in [0.15, 0.2) is 0 Å². The van der Waals surface area contributed by atoms with E-state index in [1.54, 1.807) is 0 Å². The smallest absolute Gasteiger partial charge is 0.0702 e. The Morgan fingerprint density at radius 2 is 0.905 bits per heavy atom. The van der Waals surface area contributed by atoms with Crippen molar-refractivity contribution < 1.29 is 0 Å². The predicted molar refractivity (Wildman–Crippen MR) is 264 cm³/mol. The fourth-order valence-corrected chi connectivity index (χ4v) is 9.97. The van der Waals surface area contributed by atoms with Gasteiger partial charge in [0.2, 0.25) is 0 Å². The zero-order valence-electron chi connectivity index (χ0n) is 35.1. The highest BCUT2D eigenvalue weighted by molar-refractivity contribution is 5.92. The summed E-state index contributed by atoms with van der Waals surface area (Å²) in [6, 6.07) is 88.5. The van der Waals surface area contributed by atoms with Gasteiger partial charge in [0.1, 0.15) is 0 Å². The Morgan fingerprint density at radius 1 is 0.397 bits per heavy atom. The van der Waals surface area contributed by atoms with Crippen LogP contribution >= 0.6 is 0 Å². The van der Waals surface area contributed by atoms with Gasteiger partial charge in [0, 0.05) is 33.7 Å². The SMILES string of the molecule is C1=Cc2c(c3ccccc3n2-c2ccccc2-c2ccc(N(c3ccc(-c4ccccc4)cc3)c3cccc(C(c4ccccc4)(c4ccccc4)c4ccccc4)c3)cc2)CC1. The van der Waals surface area contributed by atoms with Crippen LogP contribution in [0.1, 0.15) is 39.9 Å². The lowest BCUT2D eigenvalue weighted by atomic mass is 9.65. The molecule has 0 aliphatic heterocycles. The Kier molecular flexibility index (Phi) is 9.95. The fraction of sp³-hybridized carbons (Fsp3) is 0.0492. The van der Waals surface area contributed by atoms with Crippen LogP contribution in [0.2, 0.25) is 0 Å². The summed E-state index contributed by atoms with van der Waals surface area (Å²) in [7, 11) is 0. The first-order valence-electron chi connectivity index (χ1n) is 22.0. The minimum Gasteiger partial charge on any atom is -0.310 e. The van der Waals surface area contributed by atoms with E-state index in [1.807, 2.05) is 0 Å². The second kappa shape index (κ2) is 16.5. The quantitative estimate of drug-likeness (QED) is 0.125. The Bertz CT molecular complexity index is 3090. The Labute approximate surface area is 370 Å². The standard InChI is InChI=1S/C61H46N2/c1-5-20-45(21-6-1)46-36-40-52(41-37-46)62(54-29-19-28-51(44-54)61(48-22-7-2-8-23-48,49-24-9-3-10-25-49)50-26-11-4-12-27-50)53-42-38-47(39-43-53)55-30-13-16-33-58(55)63-59-34-17-14-31-56(59)57-32-15-18-35-60(57)63/h1-14,16-31,33-44H,15,32H2. The molecule has 0 saturated heterocycles. The Hall–Kier alpha value is -7.94. The summed E-state index contributed by atoms with van der Waals surface area (Å²) in [5.41, 5.74) is 17.4. The van der Waals surface area contributed by atoms with Crippen molar-refractivity contribution in [1.29, 1.82) is 0 Å². The van der Waals surface area contributed by atoms with Crippen molar-refractivity contribution in [3.8, 4) is 27.9 Å². The van der Waals surface area contributed by atoms with Crippen molar-refractivity contribution in [2.75, 3.05) is 4.90 Å². The number of nitrogens with zero attached hydrogens (tertiary/aromatic N) is 2. The first kappa shape index (κ1) is 38.0. The largest absolute Gasteiger partial charge is 0.310 e. The molecule has 63 heavy (non-hydrogen) atoms. The third-order valence-corrected chi connectivity index (χ3v) is 12.8. The summed E-state index contributed by atoms with van der Waals surface area (Å²) < 4.78 is 2.47. The predicted octanol–water partition coefficient (Wildman–Crippen LogP) is 15.8. The molecule has 0 fully saturated rings. The normalized spacial score (nSPS) is 12.3. The molecular weight excluding hydrogens is 761 g/mol. The molecule has 0 N–H and O–H groups in total. The van der Waals surface area contributed by atoms with Gasteiger partial charge in [-0.3, -0.25) is 0 Å². The van der Waals surface area contributed by atoms with Crippen LogP contribution in [-0.2, 0) is 11.8 Å². The van der Waals surface area contributed by atoms with Crippen LogP contribution in [0.4, 0.5) is 17.1 Å². The molecule has 0 bridgehead atoms. The van der Waals surface area contributed by atoms with Crippen LogP contribution in [0.15, 0.2) is 249 Å². The molecule has 2 nitrogen and oxygen atoms in total. The van der Waals surface area contributed by atoms with Crippen molar-refractivity contribution in [3.05, 3.63) is 282 Å². The molecule has 2 heteroatoms. The molecule has 0 radical (unpaired) electrons. The van der Waals surface area contributed by atoms with E-state index in [1.165, 1.54) is 72.4 Å². The van der Waals surface area contributed by atoms with E-state index >= 15 is 0 Å². The van der Waals surface area contributed by atoms with Crippen molar-refractivity contribution >= 4 is 34.0 Å². The lowest BCUT2D eigenvalue weighted by Gasteiger charge is -2.37. The van der Waals surface area contributed by atoms with Gasteiger partial charge in [-0.2, -0.15) is 0 Å². The molecule has 0 unspecified atom stereocenters. The summed E-state index contributed by atoms with van der Waals surface area (Å²) in [6.45, 7) is 0. The molecule has 9 aromatic carbocycles. The van der Waals surface area contributed by atoms with Crippen LogP contribution in [0.3, 0.4) is 0 Å². The summed E-state index contributed by atoms with van der Waals surface area (Å²) in [5.74, 6) is 0. The number of fused-ring (bicyclic) bond motifs is 3. The van der Waals surface area contributed by atoms with Crippen molar-refractivity contribution in [3.63, 3.8) is 0 Å². The maximum absolute atomic E-state index is 2.47. The zero-order chi connectivity index (χ0) is 42.0. The van der Waals surface area contributed by atoms with E-state index < -0.39 is 5.41 Å². The fourth-order valence-electron chi connectivity index (χ4n) is 9.97. The second-order valence-electron chi connectivity index (χ2n) is 16.4. The molecule has 0 amide bonds. The number of anilines is 3. The van der Waals surface area contributed by atoms with E-state index in [9.17, 15) is 0 Å². The summed E-state index contributed by atoms with van der Waals surface area (Å²) >= 11 is 0. The minimum atomic E-state index is -0.576. The lowest BCUT2D eigenvalue weighted by molar-refractivity contribution is 0.745. The summed E-state index contributed by atoms with van der Waals surface area (Å²) in [4.78, 5) is 2.40. The van der Waals surface area contributed by atoms with Crippen LogP contribution < -0.4 is 4.90 Å². The number of rotatable bonds is 10. The number of benzene rings is 9. The Morgan fingerprint density at radius 3 is 1.54 bits per heavy atom. The molecule has 1 aliphatic carbocycles. The highest BCUT2D eigenvalue weighted by Crippen LogP contribution is 2.47. The number of hydrogen-bond donors (Lipinski definition) is 0. The van der Waals surface area contributed by atoms with Gasteiger partial charge >= 0.3 is 0 Å².